The van der Waals surface area contributed by atoms with Crippen LogP contribution in [-0.2, 0) is 4.79 Å². The van der Waals surface area contributed by atoms with E-state index in [-0.39, 0.29) is 12.3 Å². The number of hydrazone groups is 1. The minimum Gasteiger partial charge on any atom is -0.497 e. The van der Waals surface area contributed by atoms with Gasteiger partial charge in [0, 0.05) is 15.6 Å². The Kier molecular flexibility index (Phi) is 10.2. The highest BCUT2D eigenvalue weighted by Crippen LogP contribution is 2.23. The molecule has 0 saturated carbocycles. The van der Waals surface area contributed by atoms with Crippen LogP contribution in [0.15, 0.2) is 76.3 Å². The van der Waals surface area contributed by atoms with Gasteiger partial charge in [0.1, 0.15) is 17.2 Å². The van der Waals surface area contributed by atoms with Crippen LogP contribution in [0.1, 0.15) is 39.6 Å². The van der Waals surface area contributed by atoms with Crippen LogP contribution < -0.4 is 25.0 Å². The molecule has 3 aromatic carbocycles. The van der Waals surface area contributed by atoms with Crippen molar-refractivity contribution in [3.05, 3.63) is 87.9 Å². The van der Waals surface area contributed by atoms with E-state index in [1.54, 1.807) is 66.7 Å². The third-order valence-electron chi connectivity index (χ3n) is 4.89. The summed E-state index contributed by atoms with van der Waals surface area (Å²) in [5, 5.41) is 6.43. The highest BCUT2D eigenvalue weighted by molar-refractivity contribution is 9.10. The summed E-state index contributed by atoms with van der Waals surface area (Å²) in [5.41, 5.74) is 3.54. The van der Waals surface area contributed by atoms with E-state index in [0.29, 0.717) is 34.8 Å². The van der Waals surface area contributed by atoms with Crippen LogP contribution in [0, 0.1) is 0 Å². The van der Waals surface area contributed by atoms with Crippen LogP contribution in [0.2, 0.25) is 0 Å². The second-order valence-corrected chi connectivity index (χ2v) is 8.56. The standard InChI is InChI=1S/C27H26BrN3O6/c1-3-14-36-23-11-6-19(7-12-23)27(34)37-24-13-8-21(28)15-20(24)16-30-31-25(32)17-29-26(33)18-4-9-22(35-2)10-5-18/h4-13,15-16H,3,14,17H2,1-2H3,(H,29,33)(H,31,32). The van der Waals surface area contributed by atoms with E-state index >= 15 is 0 Å². The summed E-state index contributed by atoms with van der Waals surface area (Å²) in [7, 11) is 1.53. The predicted molar refractivity (Wildman–Crippen MR) is 142 cm³/mol. The van der Waals surface area contributed by atoms with Crippen molar-refractivity contribution in [2.24, 2.45) is 5.10 Å². The molecule has 0 heterocycles. The Morgan fingerprint density at radius 2 is 1.62 bits per heavy atom. The Labute approximate surface area is 222 Å². The SMILES string of the molecule is CCCOc1ccc(C(=O)Oc2ccc(Br)cc2C=NNC(=O)CNC(=O)c2ccc(OC)cc2)cc1. The number of carbonyl (C=O) groups excluding carboxylic acids is 3. The molecular weight excluding hydrogens is 542 g/mol. The molecule has 2 N–H and O–H groups in total. The zero-order valence-corrected chi connectivity index (χ0v) is 21.9. The van der Waals surface area contributed by atoms with E-state index in [2.05, 4.69) is 31.8 Å². The molecule has 9 nitrogen and oxygen atoms in total. The first-order valence-corrected chi connectivity index (χ1v) is 12.2. The number of hydrogen-bond donors (Lipinski definition) is 2. The van der Waals surface area contributed by atoms with Crippen molar-refractivity contribution in [3.8, 4) is 17.2 Å². The molecule has 0 unspecified atom stereocenters. The first kappa shape index (κ1) is 27.4. The molecule has 192 valence electrons. The first-order chi connectivity index (χ1) is 17.9. The summed E-state index contributed by atoms with van der Waals surface area (Å²) < 4.78 is 16.9. The number of amides is 2. The molecule has 0 aromatic heterocycles. The Morgan fingerprint density at radius 1 is 0.946 bits per heavy atom. The molecule has 0 aliphatic heterocycles. The van der Waals surface area contributed by atoms with Crippen LogP contribution >= 0.6 is 15.9 Å². The maximum atomic E-state index is 12.6. The molecule has 10 heteroatoms. The fraction of sp³-hybridized carbons (Fsp3) is 0.185. The van der Waals surface area contributed by atoms with Gasteiger partial charge >= 0.3 is 5.97 Å². The molecule has 0 aliphatic rings. The van der Waals surface area contributed by atoms with Crippen LogP contribution in [0.5, 0.6) is 17.2 Å². The van der Waals surface area contributed by atoms with Crippen molar-refractivity contribution in [1.82, 2.24) is 10.7 Å². The van der Waals surface area contributed by atoms with Gasteiger partial charge in [-0.05, 0) is 73.2 Å². The highest BCUT2D eigenvalue weighted by atomic mass is 79.9. The lowest BCUT2D eigenvalue weighted by atomic mass is 10.2. The molecule has 3 aromatic rings. The Hall–Kier alpha value is -4.18. The average Bonchev–Trinajstić information content (AvgIpc) is 2.92. The Balaban J connectivity index is 1.56. The number of nitrogens with one attached hydrogen (secondary N) is 2. The maximum Gasteiger partial charge on any atom is 0.343 e. The molecule has 0 bridgehead atoms. The van der Waals surface area contributed by atoms with Crippen LogP contribution in [0.25, 0.3) is 0 Å². The summed E-state index contributed by atoms with van der Waals surface area (Å²) in [6, 6.07) is 18.2. The summed E-state index contributed by atoms with van der Waals surface area (Å²) in [5.74, 6) is 0.0570. The van der Waals surface area contributed by atoms with E-state index in [1.807, 2.05) is 6.92 Å². The lowest BCUT2D eigenvalue weighted by Gasteiger charge is -2.09. The third kappa shape index (κ3) is 8.46. The highest BCUT2D eigenvalue weighted by Gasteiger charge is 2.12. The molecular formula is C27H26BrN3O6. The number of methoxy groups -OCH3 is 1. The van der Waals surface area contributed by atoms with E-state index in [1.165, 1.54) is 13.3 Å². The quantitative estimate of drug-likeness (QED) is 0.154. The van der Waals surface area contributed by atoms with Crippen molar-refractivity contribution < 1.29 is 28.6 Å². The summed E-state index contributed by atoms with van der Waals surface area (Å²) >= 11 is 3.37. The van der Waals surface area contributed by atoms with Crippen molar-refractivity contribution in [1.29, 1.82) is 0 Å². The van der Waals surface area contributed by atoms with Gasteiger partial charge < -0.3 is 19.5 Å². The van der Waals surface area contributed by atoms with Gasteiger partial charge in [-0.25, -0.2) is 10.2 Å². The number of ether oxygens (including phenoxy) is 3. The Morgan fingerprint density at radius 3 is 2.30 bits per heavy atom. The molecule has 0 fully saturated rings. The maximum absolute atomic E-state index is 12.6. The fourth-order valence-electron chi connectivity index (χ4n) is 3.00. The van der Waals surface area contributed by atoms with E-state index in [9.17, 15) is 14.4 Å². The van der Waals surface area contributed by atoms with E-state index in [4.69, 9.17) is 14.2 Å². The minimum absolute atomic E-state index is 0.255. The molecule has 0 atom stereocenters. The number of carbonyl (C=O) groups is 3. The van der Waals surface area contributed by atoms with Gasteiger partial charge in [-0.3, -0.25) is 9.59 Å². The number of halogens is 1. The van der Waals surface area contributed by atoms with Gasteiger partial charge in [-0.15, -0.1) is 0 Å². The number of nitrogens with zero attached hydrogens (tertiary/aromatic N) is 1. The normalized spacial score (nSPS) is 10.6. The number of hydrogen-bond acceptors (Lipinski definition) is 7. The predicted octanol–water partition coefficient (Wildman–Crippen LogP) is 4.35. The fourth-order valence-corrected chi connectivity index (χ4v) is 3.38. The van der Waals surface area contributed by atoms with E-state index in [0.717, 1.165) is 10.9 Å². The minimum atomic E-state index is -0.552. The zero-order chi connectivity index (χ0) is 26.6. The van der Waals surface area contributed by atoms with Gasteiger partial charge in [0.25, 0.3) is 11.8 Å². The summed E-state index contributed by atoms with van der Waals surface area (Å²) in [6.07, 6.45) is 2.23. The molecule has 2 amide bonds. The molecule has 0 aliphatic carbocycles. The van der Waals surface area contributed by atoms with Gasteiger partial charge in [0.2, 0.25) is 0 Å². The van der Waals surface area contributed by atoms with Gasteiger partial charge in [0.15, 0.2) is 0 Å². The lowest BCUT2D eigenvalue weighted by Crippen LogP contribution is -2.34. The van der Waals surface area contributed by atoms with E-state index < -0.39 is 17.8 Å². The van der Waals surface area contributed by atoms with Crippen LogP contribution in [-0.4, -0.2) is 44.3 Å². The number of rotatable bonds is 11. The van der Waals surface area contributed by atoms with Crippen LogP contribution in [0.4, 0.5) is 0 Å². The van der Waals surface area contributed by atoms with Gasteiger partial charge in [-0.2, -0.15) is 5.10 Å². The van der Waals surface area contributed by atoms with Gasteiger partial charge in [0.05, 0.1) is 32.0 Å². The van der Waals surface area contributed by atoms with Crippen LogP contribution in [0.3, 0.4) is 0 Å². The van der Waals surface area contributed by atoms with Crippen molar-refractivity contribution in [2.75, 3.05) is 20.3 Å². The average molecular weight is 568 g/mol. The number of benzene rings is 3. The molecule has 3 rings (SSSR count). The molecule has 0 saturated heterocycles. The van der Waals surface area contributed by atoms with Gasteiger partial charge in [-0.1, -0.05) is 22.9 Å². The molecule has 0 spiro atoms. The monoisotopic (exact) mass is 567 g/mol. The second kappa shape index (κ2) is 13.8. The topological polar surface area (TPSA) is 115 Å². The zero-order valence-electron chi connectivity index (χ0n) is 20.3. The lowest BCUT2D eigenvalue weighted by molar-refractivity contribution is -0.120. The number of esters is 1. The summed E-state index contributed by atoms with van der Waals surface area (Å²) in [4.78, 5) is 36.9. The first-order valence-electron chi connectivity index (χ1n) is 11.4. The third-order valence-corrected chi connectivity index (χ3v) is 5.39. The van der Waals surface area contributed by atoms with Crippen molar-refractivity contribution in [3.63, 3.8) is 0 Å². The largest absolute Gasteiger partial charge is 0.497 e. The summed E-state index contributed by atoms with van der Waals surface area (Å²) in [6.45, 7) is 2.33. The van der Waals surface area contributed by atoms with Crippen molar-refractivity contribution in [2.45, 2.75) is 13.3 Å². The van der Waals surface area contributed by atoms with Crippen molar-refractivity contribution >= 4 is 39.9 Å². The Bertz CT molecular complexity index is 1260. The smallest absolute Gasteiger partial charge is 0.343 e. The molecule has 37 heavy (non-hydrogen) atoms. The molecule has 0 radical (unpaired) electrons. The second-order valence-electron chi connectivity index (χ2n) is 7.65.